The molecule has 0 bridgehead atoms. The quantitative estimate of drug-likeness (QED) is 0.832. The lowest BCUT2D eigenvalue weighted by Crippen LogP contribution is -2.25. The minimum atomic E-state index is -0.212. The van der Waals surface area contributed by atoms with Crippen molar-refractivity contribution in [3.05, 3.63) is 11.5 Å². The molecule has 2 heterocycles. The summed E-state index contributed by atoms with van der Waals surface area (Å²) >= 11 is 6.23. The number of nitrogens with zero attached hydrogens (tertiary/aromatic N) is 4. The van der Waals surface area contributed by atoms with Gasteiger partial charge in [-0.15, -0.1) is 11.6 Å². The van der Waals surface area contributed by atoms with Crippen molar-refractivity contribution >= 4 is 28.7 Å². The molecule has 1 N–H and O–H groups in total. The Hall–Kier alpha value is -1.56. The van der Waals surface area contributed by atoms with E-state index in [0.29, 0.717) is 19.5 Å². The van der Waals surface area contributed by atoms with Crippen molar-refractivity contribution in [3.8, 4) is 0 Å². The number of fused-ring (bicyclic) bond motifs is 1. The van der Waals surface area contributed by atoms with Gasteiger partial charge in [0.05, 0.1) is 11.1 Å². The van der Waals surface area contributed by atoms with Crippen LogP contribution in [0.5, 0.6) is 0 Å². The van der Waals surface area contributed by atoms with Crippen LogP contribution in [0, 0.1) is 6.92 Å². The molecule has 1 amide bonds. The van der Waals surface area contributed by atoms with Crippen LogP contribution >= 0.6 is 11.6 Å². The summed E-state index contributed by atoms with van der Waals surface area (Å²) < 4.78 is 3.79. The van der Waals surface area contributed by atoms with Crippen LogP contribution in [0.4, 0.5) is 0 Å². The van der Waals surface area contributed by atoms with Crippen LogP contribution in [0.3, 0.4) is 0 Å². The van der Waals surface area contributed by atoms with Crippen LogP contribution in [0.2, 0.25) is 0 Å². The van der Waals surface area contributed by atoms with Crippen molar-refractivity contribution in [2.24, 2.45) is 7.05 Å². The second-order valence-corrected chi connectivity index (χ2v) is 5.87. The number of aryl methyl sites for hydroxylation is 3. The molecule has 0 aromatic carbocycles. The van der Waals surface area contributed by atoms with Crippen molar-refractivity contribution in [1.29, 1.82) is 0 Å². The zero-order chi connectivity index (χ0) is 15.6. The first-order chi connectivity index (χ1) is 9.95. The molecule has 7 heteroatoms. The Morgan fingerprint density at radius 3 is 2.81 bits per heavy atom. The average molecular weight is 312 g/mol. The Bertz CT molecular complexity index is 643. The first-order valence-corrected chi connectivity index (χ1v) is 7.69. The number of halogens is 1. The number of hydrogen-bond donors (Lipinski definition) is 1. The number of carbonyl (C=O) groups excluding carboxylic acids is 1. The van der Waals surface area contributed by atoms with E-state index in [4.69, 9.17) is 11.6 Å². The third kappa shape index (κ3) is 3.20. The lowest BCUT2D eigenvalue weighted by atomic mass is 10.3. The van der Waals surface area contributed by atoms with Crippen molar-refractivity contribution < 1.29 is 4.79 Å². The Morgan fingerprint density at radius 1 is 1.48 bits per heavy atom. The van der Waals surface area contributed by atoms with Gasteiger partial charge in [-0.3, -0.25) is 9.48 Å². The fourth-order valence-electron chi connectivity index (χ4n) is 2.44. The summed E-state index contributed by atoms with van der Waals surface area (Å²) in [4.78, 5) is 16.4. The van der Waals surface area contributed by atoms with E-state index in [0.717, 1.165) is 29.1 Å². The van der Waals surface area contributed by atoms with Crippen molar-refractivity contribution in [2.75, 3.05) is 6.54 Å². The largest absolute Gasteiger partial charge is 0.356 e. The van der Waals surface area contributed by atoms with Gasteiger partial charge in [-0.05, 0) is 20.3 Å². The number of nitrogens with one attached hydrogen (secondary N) is 1. The molecule has 2 rings (SSSR count). The summed E-state index contributed by atoms with van der Waals surface area (Å²) in [5.74, 6) is 0.830. The van der Waals surface area contributed by atoms with E-state index in [-0.39, 0.29) is 11.3 Å². The maximum atomic E-state index is 11.8. The van der Waals surface area contributed by atoms with Gasteiger partial charge in [0.15, 0.2) is 5.65 Å². The number of alkyl halides is 1. The van der Waals surface area contributed by atoms with Crippen LogP contribution in [0.25, 0.3) is 11.2 Å². The average Bonchev–Trinajstić information content (AvgIpc) is 2.93. The van der Waals surface area contributed by atoms with Gasteiger partial charge < -0.3 is 9.88 Å². The Labute approximate surface area is 129 Å². The SMILES string of the molecule is CCCNC(=O)CCn1c(C(C)Cl)nc2c(C)nn(C)c21. The zero-order valence-electron chi connectivity index (χ0n) is 13.0. The smallest absolute Gasteiger partial charge is 0.221 e. The van der Waals surface area contributed by atoms with E-state index >= 15 is 0 Å². The third-order valence-electron chi connectivity index (χ3n) is 3.41. The summed E-state index contributed by atoms with van der Waals surface area (Å²) in [6, 6.07) is 0. The van der Waals surface area contributed by atoms with Gasteiger partial charge in [0.25, 0.3) is 0 Å². The molecule has 0 spiro atoms. The van der Waals surface area contributed by atoms with E-state index in [9.17, 15) is 4.79 Å². The molecule has 6 nitrogen and oxygen atoms in total. The number of rotatable bonds is 6. The van der Waals surface area contributed by atoms with Crippen LogP contribution in [-0.4, -0.2) is 31.8 Å². The van der Waals surface area contributed by atoms with Gasteiger partial charge >= 0.3 is 0 Å². The van der Waals surface area contributed by atoms with Crippen LogP contribution in [0.1, 0.15) is 43.6 Å². The monoisotopic (exact) mass is 311 g/mol. The number of carbonyl (C=O) groups is 1. The van der Waals surface area contributed by atoms with Gasteiger partial charge in [0, 0.05) is 26.6 Å². The van der Waals surface area contributed by atoms with E-state index in [2.05, 4.69) is 15.4 Å². The molecule has 1 unspecified atom stereocenters. The number of amides is 1. The van der Waals surface area contributed by atoms with Gasteiger partial charge in [-0.25, -0.2) is 4.98 Å². The molecule has 0 saturated carbocycles. The normalized spacial score (nSPS) is 12.8. The molecule has 0 aliphatic heterocycles. The fourth-order valence-corrected chi connectivity index (χ4v) is 2.61. The molecule has 2 aromatic heterocycles. The minimum Gasteiger partial charge on any atom is -0.356 e. The molecule has 0 radical (unpaired) electrons. The van der Waals surface area contributed by atoms with Gasteiger partial charge in [0.2, 0.25) is 5.91 Å². The molecule has 1 atom stereocenters. The molecule has 0 aliphatic rings. The summed E-state index contributed by atoms with van der Waals surface area (Å²) in [7, 11) is 1.88. The first-order valence-electron chi connectivity index (χ1n) is 7.26. The molecule has 0 fully saturated rings. The van der Waals surface area contributed by atoms with Crippen LogP contribution in [0.15, 0.2) is 0 Å². The van der Waals surface area contributed by atoms with E-state index in [1.165, 1.54) is 0 Å². The molecule has 2 aromatic rings. The lowest BCUT2D eigenvalue weighted by molar-refractivity contribution is -0.121. The zero-order valence-corrected chi connectivity index (χ0v) is 13.7. The number of aromatic nitrogens is 4. The summed E-state index contributed by atoms with van der Waals surface area (Å²) in [6.07, 6.45) is 1.35. The van der Waals surface area contributed by atoms with Gasteiger partial charge in [0.1, 0.15) is 11.3 Å². The van der Waals surface area contributed by atoms with E-state index in [1.807, 2.05) is 32.4 Å². The van der Waals surface area contributed by atoms with Crippen molar-refractivity contribution in [3.63, 3.8) is 0 Å². The van der Waals surface area contributed by atoms with Crippen LogP contribution in [-0.2, 0) is 18.4 Å². The van der Waals surface area contributed by atoms with Gasteiger partial charge in [-0.2, -0.15) is 5.10 Å². The highest BCUT2D eigenvalue weighted by Crippen LogP contribution is 2.26. The molecular formula is C14H22ClN5O. The molecular weight excluding hydrogens is 290 g/mol. The molecule has 116 valence electrons. The third-order valence-corrected chi connectivity index (χ3v) is 3.61. The van der Waals surface area contributed by atoms with Crippen molar-refractivity contribution in [2.45, 2.75) is 45.5 Å². The van der Waals surface area contributed by atoms with E-state index < -0.39 is 0 Å². The first kappa shape index (κ1) is 15.8. The Balaban J connectivity index is 2.28. The van der Waals surface area contributed by atoms with Gasteiger partial charge in [-0.1, -0.05) is 6.92 Å². The van der Waals surface area contributed by atoms with Crippen molar-refractivity contribution in [1.82, 2.24) is 24.6 Å². The van der Waals surface area contributed by atoms with E-state index in [1.54, 1.807) is 4.68 Å². The Morgan fingerprint density at radius 2 is 2.19 bits per heavy atom. The number of hydrogen-bond acceptors (Lipinski definition) is 3. The number of imidazole rings is 1. The maximum Gasteiger partial charge on any atom is 0.221 e. The Kier molecular flexibility index (Phi) is 4.88. The standard InChI is InChI=1S/C14H22ClN5O/c1-5-7-16-11(21)6-8-20-13(9(2)15)17-12-10(3)18-19(4)14(12)20/h9H,5-8H2,1-4H3,(H,16,21). The predicted molar refractivity (Wildman–Crippen MR) is 83.4 cm³/mol. The summed E-state index contributed by atoms with van der Waals surface area (Å²) in [6.45, 7) is 7.11. The molecule has 21 heavy (non-hydrogen) atoms. The fraction of sp³-hybridized carbons (Fsp3) is 0.643. The topological polar surface area (TPSA) is 64.7 Å². The second-order valence-electron chi connectivity index (χ2n) is 5.22. The second kappa shape index (κ2) is 6.47. The highest BCUT2D eigenvalue weighted by Gasteiger charge is 2.20. The highest BCUT2D eigenvalue weighted by molar-refractivity contribution is 6.20. The molecule has 0 saturated heterocycles. The lowest BCUT2D eigenvalue weighted by Gasteiger charge is -2.11. The molecule has 0 aliphatic carbocycles. The van der Waals surface area contributed by atoms with Crippen LogP contribution < -0.4 is 5.32 Å². The summed E-state index contributed by atoms with van der Waals surface area (Å²) in [5.41, 5.74) is 2.65. The summed E-state index contributed by atoms with van der Waals surface area (Å²) in [5, 5.41) is 7.05. The maximum absolute atomic E-state index is 11.8. The highest BCUT2D eigenvalue weighted by atomic mass is 35.5. The predicted octanol–water partition coefficient (Wildman–Crippen LogP) is 2.29. The minimum absolute atomic E-state index is 0.0470.